The topological polar surface area (TPSA) is 72.2 Å². The zero-order valence-electron chi connectivity index (χ0n) is 12.1. The molecule has 4 nitrogen and oxygen atoms in total. The lowest BCUT2D eigenvalue weighted by Crippen LogP contribution is -2.47. The number of rotatable bonds is 6. The highest BCUT2D eigenvalue weighted by Gasteiger charge is 2.33. The minimum atomic E-state index is -4.06. The molecule has 0 atom stereocenters. The van der Waals surface area contributed by atoms with Crippen LogP contribution in [0.5, 0.6) is 0 Å². The summed E-state index contributed by atoms with van der Waals surface area (Å²) in [6.45, 7) is 5.65. The van der Waals surface area contributed by atoms with Gasteiger partial charge in [-0.15, -0.1) is 0 Å². The summed E-state index contributed by atoms with van der Waals surface area (Å²) in [7, 11) is -4.06. The van der Waals surface area contributed by atoms with Crippen molar-refractivity contribution in [3.63, 3.8) is 0 Å². The summed E-state index contributed by atoms with van der Waals surface area (Å²) >= 11 is 8.91. The molecule has 3 N–H and O–H groups in total. The second kappa shape index (κ2) is 6.81. The Morgan fingerprint density at radius 3 is 2.24 bits per heavy atom. The first-order chi connectivity index (χ1) is 9.64. The van der Waals surface area contributed by atoms with Crippen LogP contribution in [0.2, 0.25) is 5.02 Å². The van der Waals surface area contributed by atoms with Crippen LogP contribution in [-0.4, -0.2) is 14.0 Å². The molecule has 8 heteroatoms. The lowest BCUT2D eigenvalue weighted by molar-refractivity contribution is 0.341. The molecule has 0 fully saturated rings. The molecule has 0 spiro atoms. The Morgan fingerprint density at radius 1 is 1.33 bits per heavy atom. The number of benzene rings is 1. The highest BCUT2D eigenvalue weighted by Crippen LogP contribution is 2.35. The van der Waals surface area contributed by atoms with Gasteiger partial charge in [-0.05, 0) is 41.3 Å². The quantitative estimate of drug-likeness (QED) is 0.557. The second-order valence-corrected chi connectivity index (χ2v) is 7.70. The van der Waals surface area contributed by atoms with E-state index >= 15 is 0 Å². The summed E-state index contributed by atoms with van der Waals surface area (Å²) in [5.41, 5.74) is 4.61. The molecule has 21 heavy (non-hydrogen) atoms. The number of hydrogen-bond acceptors (Lipinski definition) is 3. The van der Waals surface area contributed by atoms with Crippen LogP contribution in [0.4, 0.5) is 10.1 Å². The monoisotopic (exact) mass is 400 g/mol. The van der Waals surface area contributed by atoms with Crippen LogP contribution < -0.4 is 10.5 Å². The third kappa shape index (κ3) is 3.70. The summed E-state index contributed by atoms with van der Waals surface area (Å²) < 4.78 is 41.9. The van der Waals surface area contributed by atoms with E-state index in [2.05, 4.69) is 20.7 Å². The van der Waals surface area contributed by atoms with Gasteiger partial charge in [0.15, 0.2) is 5.82 Å². The first-order valence-corrected chi connectivity index (χ1v) is 9.26. The predicted octanol–water partition coefficient (Wildman–Crippen LogP) is 4.07. The largest absolute Gasteiger partial charge is 0.395 e. The third-order valence-electron chi connectivity index (χ3n) is 3.83. The summed E-state index contributed by atoms with van der Waals surface area (Å²) in [5.74, 6) is -1.00. The van der Waals surface area contributed by atoms with E-state index in [9.17, 15) is 12.8 Å². The van der Waals surface area contributed by atoms with Crippen molar-refractivity contribution in [1.82, 2.24) is 4.72 Å². The molecular weight excluding hydrogens is 383 g/mol. The number of nitrogens with one attached hydrogen (secondary N) is 1. The van der Waals surface area contributed by atoms with E-state index < -0.39 is 26.3 Å². The highest BCUT2D eigenvalue weighted by atomic mass is 79.9. The van der Waals surface area contributed by atoms with Gasteiger partial charge in [-0.2, -0.15) is 0 Å². The van der Waals surface area contributed by atoms with Crippen LogP contribution in [0.1, 0.15) is 40.0 Å². The van der Waals surface area contributed by atoms with Crippen molar-refractivity contribution in [2.24, 2.45) is 0 Å². The molecule has 0 bridgehead atoms. The molecule has 0 aromatic heterocycles. The SMILES string of the molecule is CCC(CC)(CC)NS(=O)(=O)c1cc(Cl)c(Br)c(N)c1F. The molecule has 0 aliphatic carbocycles. The molecule has 120 valence electrons. The normalized spacial score (nSPS) is 12.7. The fourth-order valence-corrected chi connectivity index (χ4v) is 4.40. The van der Waals surface area contributed by atoms with Gasteiger partial charge in [0.2, 0.25) is 10.0 Å². The highest BCUT2D eigenvalue weighted by molar-refractivity contribution is 9.10. The average molecular weight is 402 g/mol. The van der Waals surface area contributed by atoms with Crippen LogP contribution >= 0.6 is 27.5 Å². The van der Waals surface area contributed by atoms with Gasteiger partial charge in [-0.25, -0.2) is 17.5 Å². The van der Waals surface area contributed by atoms with Gasteiger partial charge in [0.25, 0.3) is 0 Å². The van der Waals surface area contributed by atoms with Crippen LogP contribution in [0.3, 0.4) is 0 Å². The number of nitrogens with two attached hydrogens (primary N) is 1. The molecule has 0 radical (unpaired) electrons. The molecular formula is C13H19BrClFN2O2S. The average Bonchev–Trinajstić information content (AvgIpc) is 2.46. The van der Waals surface area contributed by atoms with Gasteiger partial charge in [0.1, 0.15) is 4.90 Å². The maximum atomic E-state index is 14.2. The Hall–Kier alpha value is -0.370. The zero-order chi connectivity index (χ0) is 16.4. The minimum Gasteiger partial charge on any atom is -0.395 e. The summed E-state index contributed by atoms with van der Waals surface area (Å²) in [4.78, 5) is -0.534. The van der Waals surface area contributed by atoms with Gasteiger partial charge in [-0.3, -0.25) is 0 Å². The van der Waals surface area contributed by atoms with Crippen molar-refractivity contribution < 1.29 is 12.8 Å². The molecule has 0 aliphatic rings. The van der Waals surface area contributed by atoms with Gasteiger partial charge in [0.05, 0.1) is 15.2 Å². The van der Waals surface area contributed by atoms with E-state index in [4.69, 9.17) is 17.3 Å². The lowest BCUT2D eigenvalue weighted by atomic mass is 9.91. The fraction of sp³-hybridized carbons (Fsp3) is 0.538. The first-order valence-electron chi connectivity index (χ1n) is 6.61. The fourth-order valence-electron chi connectivity index (χ4n) is 2.10. The molecule has 1 aromatic rings. The van der Waals surface area contributed by atoms with Crippen molar-refractivity contribution >= 4 is 43.2 Å². The Bertz CT molecular complexity index is 625. The number of sulfonamides is 1. The maximum Gasteiger partial charge on any atom is 0.244 e. The minimum absolute atomic E-state index is 0.0457. The zero-order valence-corrected chi connectivity index (χ0v) is 15.3. The van der Waals surface area contributed by atoms with Gasteiger partial charge >= 0.3 is 0 Å². The van der Waals surface area contributed by atoms with E-state index in [1.807, 2.05) is 20.8 Å². The molecule has 0 saturated heterocycles. The van der Waals surface area contributed by atoms with Crippen molar-refractivity contribution in [2.45, 2.75) is 50.5 Å². The Balaban J connectivity index is 3.39. The van der Waals surface area contributed by atoms with E-state index in [-0.39, 0.29) is 15.2 Å². The standard InChI is InChI=1S/C13H19BrClFN2O2S/c1-4-13(5-2,6-3)18-21(19,20)9-7-8(15)10(14)12(17)11(9)16/h7,18H,4-6,17H2,1-3H3. The lowest BCUT2D eigenvalue weighted by Gasteiger charge is -2.31. The Labute approximate surface area is 138 Å². The maximum absolute atomic E-state index is 14.2. The molecule has 0 saturated carbocycles. The molecule has 0 unspecified atom stereocenters. The Kier molecular flexibility index (Phi) is 6.06. The first kappa shape index (κ1) is 18.7. The molecule has 1 aromatic carbocycles. The van der Waals surface area contributed by atoms with Crippen molar-refractivity contribution in [3.05, 3.63) is 21.4 Å². The van der Waals surface area contributed by atoms with E-state index in [0.29, 0.717) is 19.3 Å². The molecule has 0 heterocycles. The molecule has 0 amide bonds. The van der Waals surface area contributed by atoms with E-state index in [1.165, 1.54) is 0 Å². The van der Waals surface area contributed by atoms with Crippen LogP contribution in [0.15, 0.2) is 15.4 Å². The van der Waals surface area contributed by atoms with E-state index in [0.717, 1.165) is 6.07 Å². The predicted molar refractivity (Wildman–Crippen MR) is 87.4 cm³/mol. The molecule has 0 aliphatic heterocycles. The van der Waals surface area contributed by atoms with Crippen LogP contribution in [0.25, 0.3) is 0 Å². The van der Waals surface area contributed by atoms with Crippen molar-refractivity contribution in [2.75, 3.05) is 5.73 Å². The smallest absolute Gasteiger partial charge is 0.244 e. The van der Waals surface area contributed by atoms with Crippen molar-refractivity contribution in [3.8, 4) is 0 Å². The number of halogens is 3. The van der Waals surface area contributed by atoms with Gasteiger partial charge in [0, 0.05) is 5.54 Å². The summed E-state index contributed by atoms with van der Waals surface area (Å²) in [6, 6.07) is 1.06. The van der Waals surface area contributed by atoms with Gasteiger partial charge in [-0.1, -0.05) is 32.4 Å². The molecule has 1 rings (SSSR count). The van der Waals surface area contributed by atoms with Crippen molar-refractivity contribution in [1.29, 1.82) is 0 Å². The summed E-state index contributed by atoms with van der Waals surface area (Å²) in [5, 5.41) is 0.0457. The number of hydrogen-bond donors (Lipinski definition) is 2. The number of anilines is 1. The Morgan fingerprint density at radius 2 is 1.81 bits per heavy atom. The summed E-state index contributed by atoms with van der Waals surface area (Å²) in [6.07, 6.45) is 1.79. The third-order valence-corrected chi connectivity index (χ3v) is 6.79. The van der Waals surface area contributed by atoms with Crippen LogP contribution in [-0.2, 0) is 10.0 Å². The van der Waals surface area contributed by atoms with E-state index in [1.54, 1.807) is 0 Å². The van der Waals surface area contributed by atoms with Crippen LogP contribution in [0, 0.1) is 5.82 Å². The van der Waals surface area contributed by atoms with Gasteiger partial charge < -0.3 is 5.73 Å². The number of nitrogen functional groups attached to an aromatic ring is 1. The second-order valence-electron chi connectivity index (χ2n) is 4.84.